The van der Waals surface area contributed by atoms with Crippen molar-refractivity contribution >= 4 is 21.9 Å². The van der Waals surface area contributed by atoms with Crippen LogP contribution in [0.2, 0.25) is 0 Å². The molecule has 3 aromatic rings. The van der Waals surface area contributed by atoms with Gasteiger partial charge in [-0.15, -0.1) is 0 Å². The van der Waals surface area contributed by atoms with E-state index >= 15 is 0 Å². The Morgan fingerprint density at radius 2 is 1.75 bits per heavy atom. The fraction of sp³-hybridized carbons (Fsp3) is 0.424. The number of para-hydroxylation sites is 1. The van der Waals surface area contributed by atoms with Gasteiger partial charge < -0.3 is 0 Å². The van der Waals surface area contributed by atoms with E-state index in [2.05, 4.69) is 67.0 Å². The average Bonchev–Trinajstić information content (AvgIpc) is 3.62. The number of furan rings is 1. The summed E-state index contributed by atoms with van der Waals surface area (Å²) in [6, 6.07) is 23.9. The van der Waals surface area contributed by atoms with Gasteiger partial charge in [-0.25, -0.2) is 0 Å². The molecule has 0 unspecified atom stereocenters. The third-order valence-electron chi connectivity index (χ3n) is 8.45. The van der Waals surface area contributed by atoms with Crippen LogP contribution in [0.5, 0.6) is 0 Å². The van der Waals surface area contributed by atoms with Gasteiger partial charge in [0.05, 0.1) is 0 Å². The molecule has 2 aromatic carbocycles. The Kier molecular flexibility index (Phi) is 8.75. The van der Waals surface area contributed by atoms with Gasteiger partial charge in [-0.1, -0.05) is 0 Å². The molecule has 6 nitrogen and oxygen atoms in total. The van der Waals surface area contributed by atoms with E-state index in [9.17, 15) is 4.79 Å². The first-order valence-electron chi connectivity index (χ1n) is 14.2. The summed E-state index contributed by atoms with van der Waals surface area (Å²) in [6.07, 6.45) is 4.84. The monoisotopic (exact) mass is 578 g/mol. The molecule has 7 heteroatoms. The molecule has 1 saturated carbocycles. The third-order valence-corrected chi connectivity index (χ3v) is 8.98. The molecule has 1 aliphatic carbocycles. The minimum absolute atomic E-state index is 0.00303. The van der Waals surface area contributed by atoms with Crippen LogP contribution in [0.15, 0.2) is 88.6 Å². The van der Waals surface area contributed by atoms with Crippen molar-refractivity contribution in [1.82, 2.24) is 0 Å². The molecule has 0 radical (unpaired) electrons. The van der Waals surface area contributed by atoms with Crippen molar-refractivity contribution in [2.24, 2.45) is 16.9 Å². The molecule has 0 bridgehead atoms. The van der Waals surface area contributed by atoms with Crippen LogP contribution in [-0.2, 0) is 35.5 Å². The summed E-state index contributed by atoms with van der Waals surface area (Å²) < 4.78 is 19.0. The summed E-state index contributed by atoms with van der Waals surface area (Å²) in [5.41, 5.74) is 2.41. The van der Waals surface area contributed by atoms with Gasteiger partial charge in [0.25, 0.3) is 0 Å². The van der Waals surface area contributed by atoms with Crippen molar-refractivity contribution < 1.29 is 34.5 Å². The molecular formula is C33H38CrN2O4. The molecule has 1 aliphatic heterocycles. The van der Waals surface area contributed by atoms with Crippen molar-refractivity contribution in [2.75, 3.05) is 11.6 Å². The number of carbonyl (C=O) groups is 1. The number of hydrogen-bond acceptors (Lipinski definition) is 6. The van der Waals surface area contributed by atoms with Crippen LogP contribution in [0, 0.1) is 11.8 Å². The molecule has 5 atom stereocenters. The van der Waals surface area contributed by atoms with Gasteiger partial charge in [0.15, 0.2) is 0 Å². The molecule has 5 rings (SSSR count). The van der Waals surface area contributed by atoms with Gasteiger partial charge in [-0.2, -0.15) is 0 Å². The van der Waals surface area contributed by atoms with E-state index in [0.717, 1.165) is 18.5 Å². The van der Waals surface area contributed by atoms with E-state index in [-0.39, 0.29) is 18.1 Å². The molecular weight excluding hydrogens is 540 g/mol. The van der Waals surface area contributed by atoms with Crippen molar-refractivity contribution in [3.63, 3.8) is 0 Å². The van der Waals surface area contributed by atoms with Crippen LogP contribution < -0.4 is 5.01 Å². The Morgan fingerprint density at radius 3 is 2.40 bits per heavy atom. The first-order chi connectivity index (χ1) is 19.3. The Morgan fingerprint density at radius 1 is 1.05 bits per heavy atom. The second-order valence-electron chi connectivity index (χ2n) is 11.4. The topological polar surface area (TPSA) is 64.3 Å². The Bertz CT molecular complexity index is 1320. The zero-order chi connectivity index (χ0) is 28.3. The van der Waals surface area contributed by atoms with Crippen molar-refractivity contribution in [1.29, 1.82) is 0 Å². The zero-order valence-corrected chi connectivity index (χ0v) is 24.9. The Hall–Kier alpha value is -2.98. The van der Waals surface area contributed by atoms with E-state index in [1.807, 2.05) is 47.5 Å². The molecule has 1 aromatic heterocycles. The van der Waals surface area contributed by atoms with Crippen LogP contribution in [0.3, 0.4) is 0 Å². The first-order valence-corrected chi connectivity index (χ1v) is 14.8. The average molecular weight is 579 g/mol. The number of benzene rings is 2. The Labute approximate surface area is 245 Å². The van der Waals surface area contributed by atoms with E-state index in [1.165, 1.54) is 12.0 Å². The standard InChI is InChI=1S/C33H38N2O4.Cr/c1-5-37-32(36)31-30(28-17-12-20-38-28)27(35(34-31)25-15-10-7-11-16-25)22-39-29-21-23(2)18-19-26(29)33(3,4)24-13-8-6-9-14-24;/h6-17,20,23,26-27,29-30H,5,18-19,21H2,1-4H3;/t23-,26-,27-,29-,30+;/m1./s1. The van der Waals surface area contributed by atoms with Gasteiger partial charge in [0.2, 0.25) is 0 Å². The Balaban J connectivity index is 1.51. The summed E-state index contributed by atoms with van der Waals surface area (Å²) >= 11 is 3.26. The second-order valence-corrected chi connectivity index (χ2v) is 12.0. The van der Waals surface area contributed by atoms with Gasteiger partial charge >= 0.3 is 246 Å². The number of hydrazone groups is 1. The van der Waals surface area contributed by atoms with E-state index in [4.69, 9.17) is 19.0 Å². The summed E-state index contributed by atoms with van der Waals surface area (Å²) in [5, 5.41) is 6.70. The van der Waals surface area contributed by atoms with Crippen molar-refractivity contribution in [3.8, 4) is 0 Å². The molecule has 1 fully saturated rings. The second kappa shape index (κ2) is 12.3. The quantitative estimate of drug-likeness (QED) is 0.266. The van der Waals surface area contributed by atoms with Gasteiger partial charge in [0.1, 0.15) is 0 Å². The zero-order valence-electron chi connectivity index (χ0n) is 23.7. The summed E-state index contributed by atoms with van der Waals surface area (Å²) in [6.45, 7) is 9.03. The fourth-order valence-corrected chi connectivity index (χ4v) is 6.84. The fourth-order valence-electron chi connectivity index (χ4n) is 6.28. The maximum absolute atomic E-state index is 13.2. The molecule has 0 amide bonds. The van der Waals surface area contributed by atoms with E-state index in [1.54, 1.807) is 13.2 Å². The molecule has 2 aliphatic rings. The van der Waals surface area contributed by atoms with Crippen molar-refractivity contribution in [2.45, 2.75) is 70.4 Å². The molecule has 0 saturated heterocycles. The van der Waals surface area contributed by atoms with Crippen LogP contribution in [-0.4, -0.2) is 35.0 Å². The molecule has 210 valence electrons. The number of ether oxygens (including phenoxy) is 2. The first kappa shape index (κ1) is 28.5. The van der Waals surface area contributed by atoms with Gasteiger partial charge in [-0.3, -0.25) is 0 Å². The summed E-state index contributed by atoms with van der Waals surface area (Å²) in [5.74, 6) is 0.571. The van der Waals surface area contributed by atoms with Crippen LogP contribution in [0.1, 0.15) is 64.2 Å². The van der Waals surface area contributed by atoms with Crippen LogP contribution >= 0.6 is 0 Å². The molecule has 0 spiro atoms. The summed E-state index contributed by atoms with van der Waals surface area (Å²) in [4.78, 5) is 13.2. The van der Waals surface area contributed by atoms with Crippen molar-refractivity contribution in [3.05, 3.63) is 90.4 Å². The third kappa shape index (κ3) is 5.74. The number of carbonyl (C=O) groups excluding carboxylic acids is 1. The van der Waals surface area contributed by atoms with Crippen LogP contribution in [0.25, 0.3) is 0 Å². The SMILES string of the molecule is CCOC(=O)C1=NN(c2ccccc2)[C@H]([C](=[Cr])O[C@@H]2C[C@H](C)CC[C@H]2C(C)(C)c2ccccc2)[C@H]1c1ccco1. The summed E-state index contributed by atoms with van der Waals surface area (Å²) in [7, 11) is 0. The van der Waals surface area contributed by atoms with Gasteiger partial charge in [-0.05, 0) is 0 Å². The number of esters is 1. The molecule has 40 heavy (non-hydrogen) atoms. The minimum atomic E-state index is -0.493. The number of hydrogen-bond donors (Lipinski definition) is 0. The maximum atomic E-state index is 13.2. The number of anilines is 1. The van der Waals surface area contributed by atoms with E-state index in [0.29, 0.717) is 27.9 Å². The number of rotatable bonds is 9. The normalized spacial score (nSPS) is 24.9. The predicted molar refractivity (Wildman–Crippen MR) is 154 cm³/mol. The number of nitrogens with zero attached hydrogens (tertiary/aromatic N) is 2. The van der Waals surface area contributed by atoms with Crippen LogP contribution in [0.4, 0.5) is 5.69 Å². The molecule has 2 heterocycles. The predicted octanol–water partition coefficient (Wildman–Crippen LogP) is 6.65. The van der Waals surface area contributed by atoms with Gasteiger partial charge in [0, 0.05) is 0 Å². The van der Waals surface area contributed by atoms with E-state index < -0.39 is 17.9 Å². The molecule has 0 N–H and O–H groups in total.